The van der Waals surface area contributed by atoms with Gasteiger partial charge in [-0.05, 0) is 41.6 Å². The number of rotatable bonds is 4. The van der Waals surface area contributed by atoms with Crippen LogP contribution >= 0.6 is 11.3 Å². The molecule has 0 unspecified atom stereocenters. The first-order chi connectivity index (χ1) is 19.0. The zero-order valence-corrected chi connectivity index (χ0v) is 22.1. The lowest BCUT2D eigenvalue weighted by molar-refractivity contribution is -0.00557. The van der Waals surface area contributed by atoms with Crippen molar-refractivity contribution in [3.05, 3.63) is 65.0 Å². The fourth-order valence-electron chi connectivity index (χ4n) is 5.57. The molecule has 2 aliphatic rings. The molecule has 2 aliphatic heterocycles. The Morgan fingerprint density at radius 1 is 1.10 bits per heavy atom. The van der Waals surface area contributed by atoms with Gasteiger partial charge in [-0.2, -0.15) is 5.10 Å². The number of nitrogens with zero attached hydrogens (tertiary/aromatic N) is 6. The summed E-state index contributed by atoms with van der Waals surface area (Å²) < 4.78 is 8.40. The molecule has 11 heteroatoms. The third-order valence-corrected chi connectivity index (χ3v) is 8.79. The minimum atomic E-state index is -0.598. The molecule has 2 aromatic carbocycles. The summed E-state index contributed by atoms with van der Waals surface area (Å²) in [6, 6.07) is 17.5. The summed E-state index contributed by atoms with van der Waals surface area (Å²) in [6.07, 6.45) is 1.48. The number of carbonyl (C=O) groups excluding carboxylic acids is 2. The fourth-order valence-corrected chi connectivity index (χ4v) is 6.71. The maximum atomic E-state index is 13.6. The predicted molar refractivity (Wildman–Crippen MR) is 146 cm³/mol. The number of aromatic amines is 1. The number of H-pyrrole nitrogens is 1. The van der Waals surface area contributed by atoms with E-state index in [1.165, 1.54) is 11.3 Å². The van der Waals surface area contributed by atoms with Crippen molar-refractivity contribution in [2.24, 2.45) is 0 Å². The number of aryl methyl sites for hydroxylation is 1. The number of fused-ring (bicyclic) bond motifs is 2. The quantitative estimate of drug-likeness (QED) is 0.354. The minimum Gasteiger partial charge on any atom is -0.486 e. The number of amides is 1. The highest BCUT2D eigenvalue weighted by Crippen LogP contribution is 2.41. The Balaban J connectivity index is 1.10. The van der Waals surface area contributed by atoms with Gasteiger partial charge >= 0.3 is 0 Å². The average molecular weight is 540 g/mol. The monoisotopic (exact) mass is 539 g/mol. The Morgan fingerprint density at radius 3 is 2.67 bits per heavy atom. The number of carbonyl (C=O) groups is 2. The minimum absolute atomic E-state index is 0.0144. The molecule has 10 nitrogen and oxygen atoms in total. The van der Waals surface area contributed by atoms with Crippen LogP contribution in [0.25, 0.3) is 32.9 Å². The van der Waals surface area contributed by atoms with Gasteiger partial charge in [0.1, 0.15) is 21.9 Å². The maximum Gasteiger partial charge on any atom is 0.264 e. The van der Waals surface area contributed by atoms with Crippen molar-refractivity contribution in [3.8, 4) is 28.4 Å². The van der Waals surface area contributed by atoms with E-state index < -0.39 is 5.60 Å². The Bertz CT molecular complexity index is 1700. The molecule has 0 bridgehead atoms. The number of piperidine rings is 1. The van der Waals surface area contributed by atoms with Crippen molar-refractivity contribution in [3.63, 3.8) is 0 Å². The number of tetrazole rings is 1. The number of aromatic nitrogens is 6. The highest BCUT2D eigenvalue weighted by atomic mass is 32.1. The van der Waals surface area contributed by atoms with Gasteiger partial charge in [-0.15, -0.1) is 16.4 Å². The van der Waals surface area contributed by atoms with Gasteiger partial charge in [0.05, 0.1) is 16.9 Å². The Morgan fingerprint density at radius 2 is 1.92 bits per heavy atom. The molecule has 1 spiro atoms. The summed E-state index contributed by atoms with van der Waals surface area (Å²) in [6.45, 7) is 3.85. The van der Waals surface area contributed by atoms with Gasteiger partial charge in [0, 0.05) is 49.0 Å². The number of benzene rings is 2. The third-order valence-electron chi connectivity index (χ3n) is 7.65. The van der Waals surface area contributed by atoms with E-state index in [9.17, 15) is 9.59 Å². The van der Waals surface area contributed by atoms with Crippen LogP contribution in [0.4, 0.5) is 0 Å². The zero-order chi connectivity index (χ0) is 26.6. The van der Waals surface area contributed by atoms with Crippen molar-refractivity contribution < 1.29 is 14.3 Å². The fraction of sp³-hybridized carbons (Fsp3) is 0.286. The molecule has 0 atom stereocenters. The second kappa shape index (κ2) is 9.12. The van der Waals surface area contributed by atoms with E-state index in [4.69, 9.17) is 9.84 Å². The summed E-state index contributed by atoms with van der Waals surface area (Å²) in [5.74, 6) is 1.12. The molecule has 3 aromatic heterocycles. The maximum absolute atomic E-state index is 13.6. The van der Waals surface area contributed by atoms with Crippen LogP contribution in [0.5, 0.6) is 5.75 Å². The van der Waals surface area contributed by atoms with Crippen molar-refractivity contribution in [2.75, 3.05) is 13.1 Å². The standard InChI is InChI=1S/C28H25N7O3S/c1-2-35-27-20(24(31-35)17-6-4-3-5-7-17)15-23(39-27)26(37)34-12-10-28(11-13-34)16-21(36)19-14-18(8-9-22(19)38-28)25-29-32-33-30-25/h3-9,14-15H,2,10-13,16H2,1H3,(H,29,30,32,33). The lowest BCUT2D eigenvalue weighted by Gasteiger charge is -2.43. The number of nitrogens with one attached hydrogen (secondary N) is 1. The smallest absolute Gasteiger partial charge is 0.264 e. The molecule has 1 amide bonds. The van der Waals surface area contributed by atoms with Gasteiger partial charge < -0.3 is 9.64 Å². The molecule has 7 rings (SSSR count). The van der Waals surface area contributed by atoms with Crippen molar-refractivity contribution >= 4 is 33.2 Å². The molecule has 196 valence electrons. The predicted octanol–water partition coefficient (Wildman–Crippen LogP) is 4.61. The summed E-state index contributed by atoms with van der Waals surface area (Å²) in [5.41, 5.74) is 2.61. The van der Waals surface area contributed by atoms with E-state index in [1.54, 1.807) is 6.07 Å². The van der Waals surface area contributed by atoms with Gasteiger partial charge in [0.25, 0.3) is 5.91 Å². The van der Waals surface area contributed by atoms with E-state index in [1.807, 2.05) is 58.1 Å². The van der Waals surface area contributed by atoms with Gasteiger partial charge in [-0.3, -0.25) is 14.3 Å². The molecule has 1 fully saturated rings. The lowest BCUT2D eigenvalue weighted by Crippen LogP contribution is -2.52. The van der Waals surface area contributed by atoms with Crippen LogP contribution in [0.2, 0.25) is 0 Å². The molecule has 5 heterocycles. The van der Waals surface area contributed by atoms with Gasteiger partial charge in [0.2, 0.25) is 0 Å². The highest BCUT2D eigenvalue weighted by Gasteiger charge is 2.44. The first-order valence-corrected chi connectivity index (χ1v) is 13.8. The number of thiophene rings is 1. The Kier molecular flexibility index (Phi) is 5.55. The normalized spacial score (nSPS) is 16.4. The number of hydrogen-bond acceptors (Lipinski definition) is 8. The number of Topliss-reactive ketones (excluding diaryl/α,β-unsaturated/α-hetero) is 1. The lowest BCUT2D eigenvalue weighted by atomic mass is 9.82. The molecular weight excluding hydrogens is 514 g/mol. The Hall–Kier alpha value is -4.38. The summed E-state index contributed by atoms with van der Waals surface area (Å²) in [7, 11) is 0. The molecule has 0 saturated carbocycles. The van der Waals surface area contributed by atoms with Crippen LogP contribution in [0.15, 0.2) is 54.6 Å². The largest absolute Gasteiger partial charge is 0.486 e. The Labute approximate surface area is 227 Å². The third kappa shape index (κ3) is 4.00. The van der Waals surface area contributed by atoms with E-state index in [-0.39, 0.29) is 18.1 Å². The summed E-state index contributed by atoms with van der Waals surface area (Å²) in [4.78, 5) is 30.3. The van der Waals surface area contributed by atoms with Crippen LogP contribution in [0.1, 0.15) is 46.2 Å². The SMILES string of the molecule is CCn1nc(-c2ccccc2)c2cc(C(=O)N3CCC4(CC3)CC(=O)c3cc(-c5nnn[nH]5)ccc3O4)sc21. The molecule has 1 saturated heterocycles. The van der Waals surface area contributed by atoms with Crippen molar-refractivity contribution in [2.45, 2.75) is 38.3 Å². The molecule has 39 heavy (non-hydrogen) atoms. The molecule has 5 aromatic rings. The van der Waals surface area contributed by atoms with E-state index >= 15 is 0 Å². The molecule has 1 N–H and O–H groups in total. The summed E-state index contributed by atoms with van der Waals surface area (Å²) in [5, 5.41) is 19.6. The molecular formula is C28H25N7O3S. The topological polar surface area (TPSA) is 119 Å². The van der Waals surface area contributed by atoms with Crippen molar-refractivity contribution in [1.29, 1.82) is 0 Å². The highest BCUT2D eigenvalue weighted by molar-refractivity contribution is 7.20. The van der Waals surface area contributed by atoms with E-state index in [0.29, 0.717) is 47.9 Å². The van der Waals surface area contributed by atoms with E-state index in [0.717, 1.165) is 33.6 Å². The van der Waals surface area contributed by atoms with Crippen LogP contribution in [0, 0.1) is 0 Å². The first-order valence-electron chi connectivity index (χ1n) is 13.0. The number of likely N-dealkylation sites (tertiary alicyclic amines) is 1. The summed E-state index contributed by atoms with van der Waals surface area (Å²) >= 11 is 1.49. The second-order valence-corrected chi connectivity index (χ2v) is 11.0. The van der Waals surface area contributed by atoms with Crippen molar-refractivity contribution in [1.82, 2.24) is 35.3 Å². The molecule has 0 aliphatic carbocycles. The van der Waals surface area contributed by atoms with Crippen LogP contribution < -0.4 is 4.74 Å². The van der Waals surface area contributed by atoms with Gasteiger partial charge in [-0.1, -0.05) is 30.3 Å². The van der Waals surface area contributed by atoms with Gasteiger partial charge in [-0.25, -0.2) is 5.10 Å². The number of ether oxygens (including phenoxy) is 1. The van der Waals surface area contributed by atoms with Crippen LogP contribution in [0.3, 0.4) is 0 Å². The second-order valence-electron chi connectivity index (χ2n) is 10.00. The zero-order valence-electron chi connectivity index (χ0n) is 21.3. The van der Waals surface area contributed by atoms with Crippen LogP contribution in [-0.2, 0) is 6.54 Å². The average Bonchev–Trinajstić information content (AvgIpc) is 3.71. The first kappa shape index (κ1) is 23.7. The van der Waals surface area contributed by atoms with Crippen LogP contribution in [-0.4, -0.2) is 65.7 Å². The van der Waals surface area contributed by atoms with Gasteiger partial charge in [0.15, 0.2) is 11.6 Å². The number of hydrogen-bond donors (Lipinski definition) is 1. The number of ketones is 1. The molecule has 0 radical (unpaired) electrons. The van der Waals surface area contributed by atoms with E-state index in [2.05, 4.69) is 27.5 Å².